The third kappa shape index (κ3) is 5.09. The number of H-pyrrole nitrogens is 1. The van der Waals surface area contributed by atoms with Crippen molar-refractivity contribution in [2.45, 2.75) is 28.3 Å². The molecule has 1 aliphatic rings. The summed E-state index contributed by atoms with van der Waals surface area (Å²) in [5.74, 6) is 0.337. The molecule has 2 aromatic carbocycles. The van der Waals surface area contributed by atoms with E-state index in [1.54, 1.807) is 30.3 Å². The fraction of sp³-hybridized carbons (Fsp3) is 0.217. The maximum atomic E-state index is 13.9. The molecule has 6 nitrogen and oxygen atoms in total. The number of fused-ring (bicyclic) bond motifs is 1. The van der Waals surface area contributed by atoms with Gasteiger partial charge in [0.25, 0.3) is 11.5 Å². The lowest BCUT2D eigenvalue weighted by molar-refractivity contribution is 0.0740. The minimum absolute atomic E-state index is 0.0600. The fourth-order valence-corrected chi connectivity index (χ4v) is 5.43. The van der Waals surface area contributed by atoms with E-state index in [2.05, 4.69) is 0 Å². The Morgan fingerprint density at radius 2 is 1.60 bits per heavy atom. The van der Waals surface area contributed by atoms with E-state index in [0.29, 0.717) is 16.4 Å². The number of methoxy groups -OCH3 is 2. The smallest absolute Gasteiger partial charge is 0.362 e. The van der Waals surface area contributed by atoms with Crippen LogP contribution in [-0.4, -0.2) is 30.0 Å². The first-order chi connectivity index (χ1) is 16.5. The molecule has 0 radical (unpaired) electrons. The zero-order chi connectivity index (χ0) is 25.5. The maximum absolute atomic E-state index is 13.9. The number of nitrogens with one attached hydrogen (secondary N) is 1. The van der Waals surface area contributed by atoms with Crippen molar-refractivity contribution in [2.24, 2.45) is 0 Å². The Labute approximate surface area is 218 Å². The number of hydrogen-bond acceptors (Lipinski definition) is 5. The lowest BCUT2D eigenvalue weighted by atomic mass is 10.1. The van der Waals surface area contributed by atoms with Crippen molar-refractivity contribution in [3.8, 4) is 11.5 Å². The second-order valence-electron chi connectivity index (χ2n) is 7.54. The largest absolute Gasteiger partial charge is 0.493 e. The fourth-order valence-electron chi connectivity index (χ4n) is 3.69. The third-order valence-corrected chi connectivity index (χ3v) is 7.61. The second kappa shape index (κ2) is 9.89. The number of nitrogens with zero attached hydrogens (tertiary/aromatic N) is 1. The summed E-state index contributed by atoms with van der Waals surface area (Å²) in [5.41, 5.74) is -0.586. The monoisotopic (exact) mass is 560 g/mol. The van der Waals surface area contributed by atoms with E-state index in [4.69, 9.17) is 44.3 Å². The molecule has 1 amide bonds. The minimum atomic E-state index is -3.86. The van der Waals surface area contributed by atoms with E-state index < -0.39 is 22.5 Å². The highest BCUT2D eigenvalue weighted by atomic mass is 35.5. The van der Waals surface area contributed by atoms with Crippen LogP contribution in [-0.2, 0) is 18.5 Å². The molecule has 0 bridgehead atoms. The van der Waals surface area contributed by atoms with Crippen molar-refractivity contribution in [2.75, 3.05) is 14.2 Å². The van der Waals surface area contributed by atoms with Gasteiger partial charge in [0.05, 0.1) is 24.3 Å². The third-order valence-electron chi connectivity index (χ3n) is 5.36. The lowest BCUT2D eigenvalue weighted by Crippen LogP contribution is -2.32. The molecule has 184 valence electrons. The van der Waals surface area contributed by atoms with Crippen molar-refractivity contribution >= 4 is 52.5 Å². The summed E-state index contributed by atoms with van der Waals surface area (Å²) in [6, 6.07) is 9.19. The number of halogens is 5. The molecule has 0 aliphatic carbocycles. The van der Waals surface area contributed by atoms with E-state index in [0.717, 1.165) is 29.0 Å². The quantitative estimate of drug-likeness (QED) is 0.358. The molecule has 12 heteroatoms. The van der Waals surface area contributed by atoms with Crippen molar-refractivity contribution in [3.63, 3.8) is 0 Å². The van der Waals surface area contributed by atoms with Crippen LogP contribution in [0.4, 0.5) is 8.78 Å². The lowest BCUT2D eigenvalue weighted by Gasteiger charge is -2.19. The molecular weight excluding hydrogens is 545 g/mol. The number of carbonyl (C=O) groups excluding carboxylic acids is 1. The second-order valence-corrected chi connectivity index (χ2v) is 9.88. The summed E-state index contributed by atoms with van der Waals surface area (Å²) < 4.78 is 38.4. The molecule has 2 heterocycles. The van der Waals surface area contributed by atoms with Crippen LogP contribution in [0.1, 0.15) is 27.2 Å². The van der Waals surface area contributed by atoms with Gasteiger partial charge in [-0.2, -0.15) is 8.78 Å². The zero-order valence-corrected chi connectivity index (χ0v) is 21.3. The SMILES string of the molecule is COc1cc2c(cc1OC)CN(C(=O)c1c(Sc3c(Cl)cccc3Cl)cc(C(F)(F)Cl)[nH]c1=O)C2. The first-order valence-electron chi connectivity index (χ1n) is 10.0. The molecule has 0 atom stereocenters. The molecule has 0 fully saturated rings. The standard InChI is InChI=1S/C23H17Cl3F2N2O4S/c1-33-15-6-11-9-30(10-12(11)7-16(15)34-2)22(32)19-17(8-18(23(26,27)28)29-21(19)31)35-20-13(24)4-3-5-14(20)25/h3-8H,9-10H2,1-2H3,(H,29,31). The topological polar surface area (TPSA) is 71.6 Å². The van der Waals surface area contributed by atoms with Gasteiger partial charge in [-0.1, -0.05) is 41.0 Å². The van der Waals surface area contributed by atoms with E-state index in [-0.39, 0.29) is 33.6 Å². The number of rotatable bonds is 6. The Bertz CT molecular complexity index is 1320. The first kappa shape index (κ1) is 25.6. The number of carbonyl (C=O) groups is 1. The van der Waals surface area contributed by atoms with Crippen LogP contribution in [0.2, 0.25) is 10.0 Å². The van der Waals surface area contributed by atoms with Crippen LogP contribution in [0.15, 0.2) is 51.0 Å². The molecule has 1 aliphatic heterocycles. The van der Waals surface area contributed by atoms with Crippen LogP contribution >= 0.6 is 46.6 Å². The minimum Gasteiger partial charge on any atom is -0.493 e. The van der Waals surface area contributed by atoms with Gasteiger partial charge in [-0.05, 0) is 53.1 Å². The summed E-state index contributed by atoms with van der Waals surface area (Å²) in [6.45, 7) is 0.358. The van der Waals surface area contributed by atoms with Gasteiger partial charge in [0.1, 0.15) is 11.3 Å². The molecule has 0 unspecified atom stereocenters. The Hall–Kier alpha value is -2.46. The molecule has 0 saturated carbocycles. The highest BCUT2D eigenvalue weighted by Gasteiger charge is 2.34. The Morgan fingerprint density at radius 1 is 1.06 bits per heavy atom. The van der Waals surface area contributed by atoms with E-state index >= 15 is 0 Å². The van der Waals surface area contributed by atoms with Crippen molar-refractivity contribution < 1.29 is 23.0 Å². The average Bonchev–Trinajstić information content (AvgIpc) is 3.22. The van der Waals surface area contributed by atoms with Crippen LogP contribution in [0.3, 0.4) is 0 Å². The molecule has 0 saturated heterocycles. The number of ether oxygens (including phenoxy) is 2. The number of aromatic nitrogens is 1. The Kier molecular flexibility index (Phi) is 7.24. The van der Waals surface area contributed by atoms with Gasteiger partial charge in [0, 0.05) is 22.9 Å². The maximum Gasteiger partial charge on any atom is 0.362 e. The molecule has 35 heavy (non-hydrogen) atoms. The molecule has 3 aromatic rings. The molecule has 0 spiro atoms. The molecular formula is C23H17Cl3F2N2O4S. The molecule has 1 N–H and O–H groups in total. The van der Waals surface area contributed by atoms with Crippen LogP contribution in [0, 0.1) is 0 Å². The predicted octanol–water partition coefficient (Wildman–Crippen LogP) is 6.29. The summed E-state index contributed by atoms with van der Waals surface area (Å²) in [6.07, 6.45) is 0. The van der Waals surface area contributed by atoms with Gasteiger partial charge < -0.3 is 19.4 Å². The van der Waals surface area contributed by atoms with Crippen LogP contribution in [0.25, 0.3) is 0 Å². The van der Waals surface area contributed by atoms with Crippen LogP contribution in [0.5, 0.6) is 11.5 Å². The summed E-state index contributed by atoms with van der Waals surface area (Å²) >= 11 is 18.5. The number of pyridine rings is 1. The van der Waals surface area contributed by atoms with Crippen molar-refractivity contribution in [1.29, 1.82) is 0 Å². The molecule has 1 aromatic heterocycles. The number of amides is 1. The number of hydrogen-bond donors (Lipinski definition) is 1. The first-order valence-corrected chi connectivity index (χ1v) is 12.0. The van der Waals surface area contributed by atoms with Gasteiger partial charge >= 0.3 is 5.38 Å². The van der Waals surface area contributed by atoms with Crippen molar-refractivity contribution in [1.82, 2.24) is 9.88 Å². The number of aromatic amines is 1. The summed E-state index contributed by atoms with van der Waals surface area (Å²) in [5, 5.41) is -3.40. The van der Waals surface area contributed by atoms with E-state index in [1.165, 1.54) is 19.1 Å². The van der Waals surface area contributed by atoms with Crippen molar-refractivity contribution in [3.05, 3.63) is 79.2 Å². The Morgan fingerprint density at radius 3 is 2.09 bits per heavy atom. The Balaban J connectivity index is 1.77. The number of alkyl halides is 3. The van der Waals surface area contributed by atoms with E-state index in [9.17, 15) is 18.4 Å². The van der Waals surface area contributed by atoms with Gasteiger partial charge in [0.2, 0.25) is 0 Å². The zero-order valence-electron chi connectivity index (χ0n) is 18.3. The highest BCUT2D eigenvalue weighted by Crippen LogP contribution is 2.42. The van der Waals surface area contributed by atoms with Gasteiger partial charge in [-0.15, -0.1) is 0 Å². The predicted molar refractivity (Wildman–Crippen MR) is 131 cm³/mol. The summed E-state index contributed by atoms with van der Waals surface area (Å²) in [7, 11) is 3.00. The van der Waals surface area contributed by atoms with Crippen LogP contribution < -0.4 is 15.0 Å². The normalized spacial score (nSPS) is 13.1. The summed E-state index contributed by atoms with van der Waals surface area (Å²) in [4.78, 5) is 30.2. The molecule has 4 rings (SSSR count). The average molecular weight is 562 g/mol. The number of benzene rings is 2. The van der Waals surface area contributed by atoms with Gasteiger partial charge in [0.15, 0.2) is 11.5 Å². The van der Waals surface area contributed by atoms with Gasteiger partial charge in [-0.25, -0.2) is 0 Å². The van der Waals surface area contributed by atoms with E-state index in [1.807, 2.05) is 4.98 Å². The highest BCUT2D eigenvalue weighted by molar-refractivity contribution is 7.99. The van der Waals surface area contributed by atoms with Gasteiger partial charge in [-0.3, -0.25) is 9.59 Å².